The lowest BCUT2D eigenvalue weighted by Crippen LogP contribution is -1.90. The molecule has 0 spiro atoms. The van der Waals surface area contributed by atoms with Crippen LogP contribution in [0.25, 0.3) is 11.5 Å². The average molecular weight is 209 g/mol. The fraction of sp³-hybridized carbons (Fsp3) is 0.250. The van der Waals surface area contributed by atoms with E-state index in [1.807, 2.05) is 6.07 Å². The molecular weight excluding hydrogens is 198 g/mol. The summed E-state index contributed by atoms with van der Waals surface area (Å²) in [5.74, 6) is 0.987. The van der Waals surface area contributed by atoms with Crippen LogP contribution in [0.1, 0.15) is 0 Å². The maximum atomic E-state index is 7.00. The number of hydrogen-bond acceptors (Lipinski definition) is 6. The highest BCUT2D eigenvalue weighted by atomic mass is 16.5. The summed E-state index contributed by atoms with van der Waals surface area (Å²) >= 11 is 0. The lowest BCUT2D eigenvalue weighted by Gasteiger charge is -1.98. The molecular formula is C8H11N5O2. The van der Waals surface area contributed by atoms with Gasteiger partial charge in [0.25, 0.3) is 0 Å². The zero-order valence-electron chi connectivity index (χ0n) is 8.38. The Labute approximate surface area is 86.1 Å². The zero-order chi connectivity index (χ0) is 11.1. The third-order valence-electron chi connectivity index (χ3n) is 1.51. The predicted octanol–water partition coefficient (Wildman–Crippen LogP) is -0.121. The van der Waals surface area contributed by atoms with E-state index in [0.29, 0.717) is 17.4 Å². The summed E-state index contributed by atoms with van der Waals surface area (Å²) in [5, 5.41) is 20.4. The number of aromatic nitrogens is 5. The first kappa shape index (κ1) is 11.1. The van der Waals surface area contributed by atoms with Crippen LogP contribution in [0.2, 0.25) is 0 Å². The van der Waals surface area contributed by atoms with Crippen molar-refractivity contribution in [2.45, 2.75) is 0 Å². The van der Waals surface area contributed by atoms with E-state index in [-0.39, 0.29) is 0 Å². The van der Waals surface area contributed by atoms with E-state index in [1.165, 1.54) is 0 Å². The molecule has 0 radical (unpaired) electrons. The van der Waals surface area contributed by atoms with Crippen LogP contribution in [0.15, 0.2) is 18.2 Å². The van der Waals surface area contributed by atoms with Crippen LogP contribution in [0.4, 0.5) is 0 Å². The predicted molar refractivity (Wildman–Crippen MR) is 52.1 cm³/mol. The second kappa shape index (κ2) is 5.66. The van der Waals surface area contributed by atoms with Crippen molar-refractivity contribution < 1.29 is 9.84 Å². The number of nitrogens with one attached hydrogen (secondary N) is 1. The molecule has 2 rings (SSSR count). The van der Waals surface area contributed by atoms with Gasteiger partial charge in [0.05, 0.1) is 7.11 Å². The van der Waals surface area contributed by atoms with Crippen molar-refractivity contribution in [1.29, 1.82) is 0 Å². The molecule has 7 heteroatoms. The quantitative estimate of drug-likeness (QED) is 0.715. The number of pyridine rings is 1. The van der Waals surface area contributed by atoms with Gasteiger partial charge in [-0.05, 0) is 11.3 Å². The SMILES string of the molecule is CO.COc1cccc(-c2nn[nH]n2)n1. The average Bonchev–Trinajstić information content (AvgIpc) is 2.85. The second-order valence-electron chi connectivity index (χ2n) is 2.30. The summed E-state index contributed by atoms with van der Waals surface area (Å²) in [5.41, 5.74) is 0.633. The van der Waals surface area contributed by atoms with Gasteiger partial charge in [0.15, 0.2) is 0 Å². The van der Waals surface area contributed by atoms with Crippen molar-refractivity contribution in [2.24, 2.45) is 0 Å². The summed E-state index contributed by atoms with van der Waals surface area (Å²) in [6.45, 7) is 0. The van der Waals surface area contributed by atoms with Crippen molar-refractivity contribution in [2.75, 3.05) is 14.2 Å². The van der Waals surface area contributed by atoms with E-state index in [9.17, 15) is 0 Å². The van der Waals surface area contributed by atoms with E-state index < -0.39 is 0 Å². The van der Waals surface area contributed by atoms with Gasteiger partial charge in [-0.15, -0.1) is 10.2 Å². The maximum Gasteiger partial charge on any atom is 0.223 e. The van der Waals surface area contributed by atoms with E-state index in [1.54, 1.807) is 19.2 Å². The fourth-order valence-corrected chi connectivity index (χ4v) is 0.923. The first-order valence-corrected chi connectivity index (χ1v) is 4.10. The number of H-pyrrole nitrogens is 1. The van der Waals surface area contributed by atoms with E-state index in [4.69, 9.17) is 9.84 Å². The van der Waals surface area contributed by atoms with Gasteiger partial charge in [-0.2, -0.15) is 5.21 Å². The van der Waals surface area contributed by atoms with Gasteiger partial charge in [0, 0.05) is 13.2 Å². The van der Waals surface area contributed by atoms with Crippen molar-refractivity contribution in [3.63, 3.8) is 0 Å². The smallest absolute Gasteiger partial charge is 0.223 e. The van der Waals surface area contributed by atoms with Crippen LogP contribution in [-0.4, -0.2) is 44.9 Å². The van der Waals surface area contributed by atoms with Crippen molar-refractivity contribution in [3.8, 4) is 17.4 Å². The van der Waals surface area contributed by atoms with E-state index in [0.717, 1.165) is 7.11 Å². The molecule has 2 heterocycles. The molecule has 0 aliphatic carbocycles. The monoisotopic (exact) mass is 209 g/mol. The Balaban J connectivity index is 0.000000531. The minimum absolute atomic E-state index is 0.457. The first-order chi connectivity index (χ1) is 7.40. The minimum atomic E-state index is 0.457. The molecule has 0 unspecified atom stereocenters. The first-order valence-electron chi connectivity index (χ1n) is 4.10. The molecule has 2 aromatic rings. The Hall–Kier alpha value is -2.02. The summed E-state index contributed by atoms with van der Waals surface area (Å²) in [7, 11) is 2.56. The molecule has 7 nitrogen and oxygen atoms in total. The molecule has 0 aliphatic rings. The molecule has 0 saturated carbocycles. The molecule has 2 aromatic heterocycles. The highest BCUT2D eigenvalue weighted by Crippen LogP contribution is 2.13. The van der Waals surface area contributed by atoms with Crippen molar-refractivity contribution in [3.05, 3.63) is 18.2 Å². The standard InChI is InChI=1S/C7H7N5O.CH4O/c1-13-6-4-2-3-5(8-6)7-9-11-12-10-7;1-2/h2-4H,1H3,(H,9,10,11,12);2H,1H3. The number of rotatable bonds is 2. The molecule has 15 heavy (non-hydrogen) atoms. The zero-order valence-corrected chi connectivity index (χ0v) is 8.38. The Morgan fingerprint density at radius 1 is 1.33 bits per heavy atom. The lowest BCUT2D eigenvalue weighted by atomic mass is 10.3. The van der Waals surface area contributed by atoms with E-state index in [2.05, 4.69) is 25.6 Å². The molecule has 2 N–H and O–H groups in total. The van der Waals surface area contributed by atoms with Crippen LogP contribution in [0.3, 0.4) is 0 Å². The van der Waals surface area contributed by atoms with Crippen molar-refractivity contribution in [1.82, 2.24) is 25.6 Å². The van der Waals surface area contributed by atoms with Crippen LogP contribution in [0.5, 0.6) is 5.88 Å². The van der Waals surface area contributed by atoms with Gasteiger partial charge in [-0.3, -0.25) is 0 Å². The molecule has 0 amide bonds. The van der Waals surface area contributed by atoms with E-state index >= 15 is 0 Å². The number of hydrogen-bond donors (Lipinski definition) is 2. The second-order valence-corrected chi connectivity index (χ2v) is 2.30. The highest BCUT2D eigenvalue weighted by molar-refractivity contribution is 5.48. The third-order valence-corrected chi connectivity index (χ3v) is 1.51. The molecule has 0 bridgehead atoms. The summed E-state index contributed by atoms with van der Waals surface area (Å²) in [4.78, 5) is 4.13. The molecule has 0 fully saturated rings. The largest absolute Gasteiger partial charge is 0.481 e. The third kappa shape index (κ3) is 2.71. The van der Waals surface area contributed by atoms with Gasteiger partial charge in [0.2, 0.25) is 11.7 Å². The van der Waals surface area contributed by atoms with Crippen LogP contribution < -0.4 is 4.74 Å². The Morgan fingerprint density at radius 2 is 2.13 bits per heavy atom. The Kier molecular flexibility index (Phi) is 4.17. The summed E-state index contributed by atoms with van der Waals surface area (Å²) in [6, 6.07) is 5.36. The number of aromatic amines is 1. The molecule has 0 atom stereocenters. The number of ether oxygens (including phenoxy) is 1. The summed E-state index contributed by atoms with van der Waals surface area (Å²) in [6.07, 6.45) is 0. The minimum Gasteiger partial charge on any atom is -0.481 e. The Morgan fingerprint density at radius 3 is 2.73 bits per heavy atom. The normalized spacial score (nSPS) is 9.00. The van der Waals surface area contributed by atoms with Crippen LogP contribution in [0, 0.1) is 0 Å². The van der Waals surface area contributed by atoms with Gasteiger partial charge < -0.3 is 9.84 Å². The fourth-order valence-electron chi connectivity index (χ4n) is 0.923. The number of nitrogens with zero attached hydrogens (tertiary/aromatic N) is 4. The number of tetrazole rings is 1. The highest BCUT2D eigenvalue weighted by Gasteiger charge is 2.04. The molecule has 0 saturated heterocycles. The van der Waals surface area contributed by atoms with Crippen molar-refractivity contribution >= 4 is 0 Å². The summed E-state index contributed by atoms with van der Waals surface area (Å²) < 4.78 is 4.96. The molecule has 80 valence electrons. The Bertz CT molecular complexity index is 390. The topological polar surface area (TPSA) is 96.8 Å². The molecule has 0 aliphatic heterocycles. The van der Waals surface area contributed by atoms with Gasteiger partial charge in [-0.25, -0.2) is 4.98 Å². The van der Waals surface area contributed by atoms with Crippen LogP contribution >= 0.6 is 0 Å². The van der Waals surface area contributed by atoms with Gasteiger partial charge in [0.1, 0.15) is 5.69 Å². The van der Waals surface area contributed by atoms with Gasteiger partial charge >= 0.3 is 0 Å². The number of methoxy groups -OCH3 is 1. The lowest BCUT2D eigenvalue weighted by molar-refractivity contribution is 0.398. The maximum absolute atomic E-state index is 7.00. The number of aliphatic hydroxyl groups excluding tert-OH is 1. The molecule has 0 aromatic carbocycles. The van der Waals surface area contributed by atoms with Gasteiger partial charge in [-0.1, -0.05) is 6.07 Å². The van der Waals surface area contributed by atoms with Crippen LogP contribution in [-0.2, 0) is 0 Å². The number of aliphatic hydroxyl groups is 1.